The van der Waals surface area contributed by atoms with Crippen molar-refractivity contribution < 1.29 is 19.1 Å². The number of carboxylic acids is 1. The molecule has 0 aromatic carbocycles. The van der Waals surface area contributed by atoms with Gasteiger partial charge < -0.3 is 9.52 Å². The van der Waals surface area contributed by atoms with Gasteiger partial charge in [0.05, 0.1) is 6.26 Å². The van der Waals surface area contributed by atoms with Crippen molar-refractivity contribution >= 4 is 12.3 Å². The van der Waals surface area contributed by atoms with E-state index in [9.17, 15) is 9.59 Å². The van der Waals surface area contributed by atoms with Crippen LogP contribution < -0.4 is 0 Å². The van der Waals surface area contributed by atoms with E-state index in [-0.39, 0.29) is 0 Å². The lowest BCUT2D eigenvalue weighted by Crippen LogP contribution is -1.93. The van der Waals surface area contributed by atoms with Gasteiger partial charge in [0, 0.05) is 6.42 Å². The molecule has 1 N–H and O–H groups in total. The van der Waals surface area contributed by atoms with Gasteiger partial charge >= 0.3 is 5.97 Å². The molecule has 0 radical (unpaired) electrons. The Labute approximate surface area is 127 Å². The fourth-order valence-electron chi connectivity index (χ4n) is 1.95. The predicted octanol–water partition coefficient (Wildman–Crippen LogP) is 5.08. The lowest BCUT2D eigenvalue weighted by molar-refractivity contribution is -0.137. The monoisotopic (exact) mass is 296 g/mol. The highest BCUT2D eigenvalue weighted by molar-refractivity contribution is 5.69. The second-order valence-electron chi connectivity index (χ2n) is 5.11. The number of aldehydes is 1. The number of carboxylic acid groups (broad SMARTS) is 1. The summed E-state index contributed by atoms with van der Waals surface area (Å²) in [6.07, 6.45) is 13.6. The van der Waals surface area contributed by atoms with Gasteiger partial charge in [0.15, 0.2) is 12.0 Å². The molecule has 0 saturated heterocycles. The van der Waals surface area contributed by atoms with Gasteiger partial charge in [0.1, 0.15) is 0 Å². The molecular formula is C17H28O4. The number of carbonyl (C=O) groups excluding carboxylic acids is 1. The van der Waals surface area contributed by atoms with E-state index in [2.05, 4.69) is 11.3 Å². The first-order chi connectivity index (χ1) is 10.2. The third-order valence-electron chi connectivity index (χ3n) is 3.15. The molecule has 1 heterocycles. The molecule has 0 saturated carbocycles. The lowest BCUT2D eigenvalue weighted by atomic mass is 10.1. The Balaban J connectivity index is 0.000000471. The van der Waals surface area contributed by atoms with Gasteiger partial charge in [0.2, 0.25) is 0 Å². The minimum Gasteiger partial charge on any atom is -0.481 e. The Morgan fingerprint density at radius 1 is 1.10 bits per heavy atom. The first-order valence-corrected chi connectivity index (χ1v) is 7.91. The van der Waals surface area contributed by atoms with E-state index < -0.39 is 5.97 Å². The lowest BCUT2D eigenvalue weighted by Gasteiger charge is -2.00. The number of aliphatic carboxylic acids is 1. The Bertz CT molecular complexity index is 344. The molecule has 0 bridgehead atoms. The van der Waals surface area contributed by atoms with Crippen molar-refractivity contribution in [2.45, 2.75) is 71.1 Å². The van der Waals surface area contributed by atoms with E-state index in [1.807, 2.05) is 0 Å². The van der Waals surface area contributed by atoms with Crippen LogP contribution >= 0.6 is 0 Å². The summed E-state index contributed by atoms with van der Waals surface area (Å²) < 4.78 is 4.61. The van der Waals surface area contributed by atoms with Crippen molar-refractivity contribution in [3.63, 3.8) is 0 Å². The quantitative estimate of drug-likeness (QED) is 0.456. The summed E-state index contributed by atoms with van der Waals surface area (Å²) in [5.41, 5.74) is 0. The standard InChI is InChI=1S/C12H24O2.C5H4O2/c1-2-3-4-5-6-7-8-9-10-11-12(13)14;6-4-5-2-1-3-7-5/h2-11H2,1H3,(H,13,14);1-4H. The van der Waals surface area contributed by atoms with Crippen LogP contribution in [0.1, 0.15) is 81.7 Å². The predicted molar refractivity (Wildman–Crippen MR) is 83.6 cm³/mol. The van der Waals surface area contributed by atoms with Crippen molar-refractivity contribution in [2.24, 2.45) is 0 Å². The molecule has 1 aromatic heterocycles. The Morgan fingerprint density at radius 3 is 2.05 bits per heavy atom. The van der Waals surface area contributed by atoms with Crippen molar-refractivity contribution in [2.75, 3.05) is 0 Å². The molecule has 0 amide bonds. The van der Waals surface area contributed by atoms with Gasteiger partial charge in [-0.2, -0.15) is 0 Å². The Morgan fingerprint density at radius 2 is 1.67 bits per heavy atom. The molecule has 0 atom stereocenters. The second kappa shape index (κ2) is 14.8. The molecule has 120 valence electrons. The molecule has 0 unspecified atom stereocenters. The zero-order chi connectivity index (χ0) is 15.8. The van der Waals surface area contributed by atoms with Crippen LogP contribution in [0, 0.1) is 0 Å². The average Bonchev–Trinajstić information content (AvgIpc) is 2.99. The summed E-state index contributed by atoms with van der Waals surface area (Å²) in [5, 5.41) is 8.41. The first-order valence-electron chi connectivity index (χ1n) is 7.91. The molecule has 0 aliphatic heterocycles. The van der Waals surface area contributed by atoms with Gasteiger partial charge in [-0.15, -0.1) is 0 Å². The summed E-state index contributed by atoms with van der Waals surface area (Å²) in [4.78, 5) is 20.0. The zero-order valence-electron chi connectivity index (χ0n) is 13.1. The Kier molecular flexibility index (Phi) is 13.7. The fraction of sp³-hybridized carbons (Fsp3) is 0.647. The smallest absolute Gasteiger partial charge is 0.303 e. The zero-order valence-corrected chi connectivity index (χ0v) is 13.1. The third kappa shape index (κ3) is 14.6. The van der Waals surface area contributed by atoms with Gasteiger partial charge in [-0.05, 0) is 18.6 Å². The first kappa shape index (κ1) is 19.4. The van der Waals surface area contributed by atoms with E-state index in [1.54, 1.807) is 12.1 Å². The van der Waals surface area contributed by atoms with Crippen LogP contribution in [0.25, 0.3) is 0 Å². The van der Waals surface area contributed by atoms with Gasteiger partial charge in [-0.3, -0.25) is 9.59 Å². The van der Waals surface area contributed by atoms with Crippen molar-refractivity contribution in [3.05, 3.63) is 24.2 Å². The van der Waals surface area contributed by atoms with Crippen LogP contribution in [0.15, 0.2) is 22.8 Å². The van der Waals surface area contributed by atoms with E-state index in [4.69, 9.17) is 5.11 Å². The molecule has 1 aromatic rings. The summed E-state index contributed by atoms with van der Waals surface area (Å²) in [6, 6.07) is 3.27. The van der Waals surface area contributed by atoms with E-state index in [0.29, 0.717) is 18.5 Å². The van der Waals surface area contributed by atoms with Crippen molar-refractivity contribution in [1.29, 1.82) is 0 Å². The van der Waals surface area contributed by atoms with Crippen molar-refractivity contribution in [3.8, 4) is 0 Å². The van der Waals surface area contributed by atoms with Gasteiger partial charge in [0.25, 0.3) is 0 Å². The second-order valence-corrected chi connectivity index (χ2v) is 5.11. The number of unbranched alkanes of at least 4 members (excludes halogenated alkanes) is 8. The van der Waals surface area contributed by atoms with Gasteiger partial charge in [-0.1, -0.05) is 58.3 Å². The Hall–Kier alpha value is -1.58. The highest BCUT2D eigenvalue weighted by Gasteiger charge is 1.96. The maximum atomic E-state index is 10.2. The van der Waals surface area contributed by atoms with Crippen LogP contribution in [-0.4, -0.2) is 17.4 Å². The van der Waals surface area contributed by atoms with E-state index >= 15 is 0 Å². The number of hydrogen-bond acceptors (Lipinski definition) is 3. The van der Waals surface area contributed by atoms with Crippen LogP contribution in [0.3, 0.4) is 0 Å². The highest BCUT2D eigenvalue weighted by Crippen LogP contribution is 2.10. The van der Waals surface area contributed by atoms with E-state index in [1.165, 1.54) is 51.2 Å². The largest absolute Gasteiger partial charge is 0.481 e. The summed E-state index contributed by atoms with van der Waals surface area (Å²) in [7, 11) is 0. The molecule has 1 rings (SSSR count). The van der Waals surface area contributed by atoms with Crippen molar-refractivity contribution in [1.82, 2.24) is 0 Å². The average molecular weight is 296 g/mol. The molecule has 21 heavy (non-hydrogen) atoms. The molecule has 4 nitrogen and oxygen atoms in total. The fourth-order valence-corrected chi connectivity index (χ4v) is 1.95. The van der Waals surface area contributed by atoms with Crippen LogP contribution in [-0.2, 0) is 4.79 Å². The highest BCUT2D eigenvalue weighted by atomic mass is 16.4. The molecule has 0 aliphatic carbocycles. The maximum Gasteiger partial charge on any atom is 0.303 e. The van der Waals surface area contributed by atoms with Crippen LogP contribution in [0.4, 0.5) is 0 Å². The normalized spacial score (nSPS) is 9.76. The number of rotatable bonds is 11. The topological polar surface area (TPSA) is 67.5 Å². The number of hydrogen-bond donors (Lipinski definition) is 1. The SMILES string of the molecule is CCCCCCCCCCCC(=O)O.O=Cc1ccco1. The summed E-state index contributed by atoms with van der Waals surface area (Å²) in [5.74, 6) is -0.284. The minimum atomic E-state index is -0.659. The van der Waals surface area contributed by atoms with Crippen LogP contribution in [0.5, 0.6) is 0 Å². The molecule has 4 heteroatoms. The van der Waals surface area contributed by atoms with E-state index in [0.717, 1.165) is 12.8 Å². The molecule has 0 fully saturated rings. The molecule has 0 aliphatic rings. The van der Waals surface area contributed by atoms with Gasteiger partial charge in [-0.25, -0.2) is 0 Å². The van der Waals surface area contributed by atoms with Crippen LogP contribution in [0.2, 0.25) is 0 Å². The summed E-state index contributed by atoms with van der Waals surface area (Å²) >= 11 is 0. The molecule has 0 spiro atoms. The number of furan rings is 1. The number of carbonyl (C=O) groups is 2. The maximum absolute atomic E-state index is 10.2. The third-order valence-corrected chi connectivity index (χ3v) is 3.15. The minimum absolute atomic E-state index is 0.343. The summed E-state index contributed by atoms with van der Waals surface area (Å²) in [6.45, 7) is 2.23. The molecular weight excluding hydrogens is 268 g/mol.